The normalized spacial score (nSPS) is 11.1. The van der Waals surface area contributed by atoms with Crippen LogP contribution in [0.4, 0.5) is 0 Å². The predicted octanol–water partition coefficient (Wildman–Crippen LogP) is -0.500. The molecule has 0 aromatic carbocycles. The molecule has 0 rings (SSSR count). The Hall–Kier alpha value is -0.940. The average Bonchev–Trinajstić information content (AvgIpc) is 2.17. The van der Waals surface area contributed by atoms with Crippen LogP contribution in [-0.4, -0.2) is 41.8 Å². The van der Waals surface area contributed by atoms with E-state index in [9.17, 15) is 9.59 Å². The fourth-order valence-corrected chi connectivity index (χ4v) is 0.878. The van der Waals surface area contributed by atoms with E-state index < -0.39 is 30.4 Å². The molecule has 0 aromatic rings. The highest BCUT2D eigenvalue weighted by Gasteiger charge is 2.44. The topological polar surface area (TPSA) is 83.8 Å². The Labute approximate surface area is 82.7 Å². The Balaban J connectivity index is 4.63. The molecular formula is C9H16O5. The Morgan fingerprint density at radius 2 is 1.79 bits per heavy atom. The van der Waals surface area contributed by atoms with E-state index in [2.05, 4.69) is 0 Å². The lowest BCUT2D eigenvalue weighted by Crippen LogP contribution is -2.46. The standard InChI is InChI=1S/C9H16O5/c1-3-4-14-8(13)9(5-10,6-11)7(2)12/h10-11H,3-6H2,1-2H3. The van der Waals surface area contributed by atoms with Crippen LogP contribution in [0.3, 0.4) is 0 Å². The molecule has 2 N–H and O–H groups in total. The van der Waals surface area contributed by atoms with Gasteiger partial charge in [-0.25, -0.2) is 0 Å². The van der Waals surface area contributed by atoms with Gasteiger partial charge < -0.3 is 14.9 Å². The van der Waals surface area contributed by atoms with Gasteiger partial charge in [-0.1, -0.05) is 6.92 Å². The van der Waals surface area contributed by atoms with Crippen LogP contribution < -0.4 is 0 Å². The number of Topliss-reactive ketones (excluding diaryl/α,β-unsaturated/α-hetero) is 1. The van der Waals surface area contributed by atoms with Crippen LogP contribution in [0, 0.1) is 5.41 Å². The van der Waals surface area contributed by atoms with Crippen molar-refractivity contribution in [2.45, 2.75) is 20.3 Å². The van der Waals surface area contributed by atoms with Gasteiger partial charge in [0.1, 0.15) is 0 Å². The van der Waals surface area contributed by atoms with E-state index in [-0.39, 0.29) is 6.61 Å². The third kappa shape index (κ3) is 2.52. The molecule has 5 heteroatoms. The van der Waals surface area contributed by atoms with E-state index >= 15 is 0 Å². The fourth-order valence-electron chi connectivity index (χ4n) is 0.878. The summed E-state index contributed by atoms with van der Waals surface area (Å²) in [7, 11) is 0. The number of esters is 1. The maximum absolute atomic E-state index is 11.4. The SMILES string of the molecule is CCCOC(=O)C(CO)(CO)C(C)=O. The molecule has 0 saturated carbocycles. The van der Waals surface area contributed by atoms with Crippen molar-refractivity contribution in [1.29, 1.82) is 0 Å². The van der Waals surface area contributed by atoms with Gasteiger partial charge in [0.2, 0.25) is 0 Å². The van der Waals surface area contributed by atoms with Crippen LogP contribution in [0.15, 0.2) is 0 Å². The molecule has 0 spiro atoms. The van der Waals surface area contributed by atoms with E-state index in [1.165, 1.54) is 0 Å². The molecule has 0 atom stereocenters. The van der Waals surface area contributed by atoms with Gasteiger partial charge in [0.15, 0.2) is 11.2 Å². The largest absolute Gasteiger partial charge is 0.465 e. The Kier molecular flexibility index (Phi) is 5.34. The second kappa shape index (κ2) is 5.72. The highest BCUT2D eigenvalue weighted by atomic mass is 16.5. The highest BCUT2D eigenvalue weighted by Crippen LogP contribution is 2.19. The van der Waals surface area contributed by atoms with Crippen LogP contribution >= 0.6 is 0 Å². The molecule has 0 heterocycles. The molecule has 0 fully saturated rings. The number of carbonyl (C=O) groups is 2. The second-order valence-electron chi connectivity index (χ2n) is 3.09. The van der Waals surface area contributed by atoms with E-state index in [0.29, 0.717) is 6.42 Å². The van der Waals surface area contributed by atoms with E-state index in [0.717, 1.165) is 6.92 Å². The number of carbonyl (C=O) groups excluding carboxylic acids is 2. The summed E-state index contributed by atoms with van der Waals surface area (Å²) >= 11 is 0. The monoisotopic (exact) mass is 204 g/mol. The van der Waals surface area contributed by atoms with Crippen LogP contribution in [0.2, 0.25) is 0 Å². The zero-order valence-corrected chi connectivity index (χ0v) is 8.45. The molecule has 14 heavy (non-hydrogen) atoms. The first-order valence-electron chi connectivity index (χ1n) is 4.45. The molecule has 0 unspecified atom stereocenters. The van der Waals surface area contributed by atoms with Crippen LogP contribution in [-0.2, 0) is 14.3 Å². The number of ketones is 1. The van der Waals surface area contributed by atoms with Gasteiger partial charge in [-0.2, -0.15) is 0 Å². The van der Waals surface area contributed by atoms with E-state index in [1.54, 1.807) is 6.92 Å². The first-order valence-corrected chi connectivity index (χ1v) is 4.45. The first kappa shape index (κ1) is 13.1. The lowest BCUT2D eigenvalue weighted by molar-refractivity contribution is -0.165. The van der Waals surface area contributed by atoms with Crippen molar-refractivity contribution in [2.75, 3.05) is 19.8 Å². The summed E-state index contributed by atoms with van der Waals surface area (Å²) in [6.07, 6.45) is 0.622. The molecule has 0 radical (unpaired) electrons. The first-order chi connectivity index (χ1) is 6.55. The summed E-state index contributed by atoms with van der Waals surface area (Å²) in [6, 6.07) is 0. The minimum atomic E-state index is -1.80. The molecule has 0 amide bonds. The Morgan fingerprint density at radius 1 is 1.29 bits per heavy atom. The second-order valence-corrected chi connectivity index (χ2v) is 3.09. The molecule has 82 valence electrons. The smallest absolute Gasteiger partial charge is 0.324 e. The minimum Gasteiger partial charge on any atom is -0.465 e. The molecule has 5 nitrogen and oxygen atoms in total. The maximum Gasteiger partial charge on any atom is 0.324 e. The van der Waals surface area contributed by atoms with Gasteiger partial charge in [-0.15, -0.1) is 0 Å². The van der Waals surface area contributed by atoms with Gasteiger partial charge in [-0.05, 0) is 13.3 Å². The molecule has 0 saturated heterocycles. The maximum atomic E-state index is 11.4. The lowest BCUT2D eigenvalue weighted by atomic mass is 9.86. The van der Waals surface area contributed by atoms with Gasteiger partial charge in [-0.3, -0.25) is 9.59 Å². The Morgan fingerprint density at radius 3 is 2.07 bits per heavy atom. The quantitative estimate of drug-likeness (QED) is 0.450. The van der Waals surface area contributed by atoms with Gasteiger partial charge in [0.05, 0.1) is 19.8 Å². The van der Waals surface area contributed by atoms with Crippen LogP contribution in [0.1, 0.15) is 20.3 Å². The summed E-state index contributed by atoms with van der Waals surface area (Å²) < 4.78 is 4.72. The van der Waals surface area contributed by atoms with E-state index in [4.69, 9.17) is 14.9 Å². The molecule has 0 aliphatic heterocycles. The summed E-state index contributed by atoms with van der Waals surface area (Å²) in [5.41, 5.74) is -1.80. The van der Waals surface area contributed by atoms with Crippen molar-refractivity contribution in [3.63, 3.8) is 0 Å². The number of aliphatic hydroxyl groups is 2. The molecule has 0 aliphatic carbocycles. The average molecular weight is 204 g/mol. The number of rotatable bonds is 6. The molecule has 0 bridgehead atoms. The summed E-state index contributed by atoms with van der Waals surface area (Å²) in [4.78, 5) is 22.5. The fraction of sp³-hybridized carbons (Fsp3) is 0.778. The van der Waals surface area contributed by atoms with Crippen LogP contribution in [0.25, 0.3) is 0 Å². The van der Waals surface area contributed by atoms with Gasteiger partial charge in [0.25, 0.3) is 0 Å². The van der Waals surface area contributed by atoms with Crippen molar-refractivity contribution in [3.8, 4) is 0 Å². The van der Waals surface area contributed by atoms with Gasteiger partial charge >= 0.3 is 5.97 Å². The number of aliphatic hydroxyl groups excluding tert-OH is 2. The van der Waals surface area contributed by atoms with Crippen molar-refractivity contribution in [2.24, 2.45) is 5.41 Å². The van der Waals surface area contributed by atoms with Crippen molar-refractivity contribution >= 4 is 11.8 Å². The minimum absolute atomic E-state index is 0.174. The summed E-state index contributed by atoms with van der Waals surface area (Å²) in [6.45, 7) is 1.65. The molecule has 0 aromatic heterocycles. The van der Waals surface area contributed by atoms with Crippen molar-refractivity contribution < 1.29 is 24.5 Å². The zero-order valence-electron chi connectivity index (χ0n) is 8.45. The third-order valence-electron chi connectivity index (χ3n) is 2.04. The van der Waals surface area contributed by atoms with Crippen molar-refractivity contribution in [3.05, 3.63) is 0 Å². The van der Waals surface area contributed by atoms with Gasteiger partial charge in [0, 0.05) is 0 Å². The Bertz CT molecular complexity index is 207. The number of hydrogen-bond acceptors (Lipinski definition) is 5. The number of ether oxygens (including phenoxy) is 1. The predicted molar refractivity (Wildman–Crippen MR) is 48.5 cm³/mol. The van der Waals surface area contributed by atoms with Crippen LogP contribution in [0.5, 0.6) is 0 Å². The van der Waals surface area contributed by atoms with Crippen molar-refractivity contribution in [1.82, 2.24) is 0 Å². The molecular weight excluding hydrogens is 188 g/mol. The third-order valence-corrected chi connectivity index (χ3v) is 2.04. The lowest BCUT2D eigenvalue weighted by Gasteiger charge is -2.23. The summed E-state index contributed by atoms with van der Waals surface area (Å²) in [5.74, 6) is -1.46. The zero-order chi connectivity index (χ0) is 11.2. The number of hydrogen-bond donors (Lipinski definition) is 2. The summed E-state index contributed by atoms with van der Waals surface area (Å²) in [5, 5.41) is 17.9. The van der Waals surface area contributed by atoms with E-state index in [1.807, 2.05) is 0 Å². The molecule has 0 aliphatic rings. The highest BCUT2D eigenvalue weighted by molar-refractivity contribution is 6.03.